The molecule has 1 rings (SSSR count). The van der Waals surface area contributed by atoms with E-state index in [1.807, 2.05) is 19.1 Å². The second kappa shape index (κ2) is 3.76. The van der Waals surface area contributed by atoms with Crippen molar-refractivity contribution in [2.45, 2.75) is 13.0 Å². The smallest absolute Gasteiger partial charge is 0.419 e. The normalized spacial score (nSPS) is 20.8. The zero-order chi connectivity index (χ0) is 8.97. The molecule has 64 valence electrons. The zero-order valence-electron chi connectivity index (χ0n) is 6.93. The number of hydrogen-bond acceptors (Lipinski definition) is 2. The van der Waals surface area contributed by atoms with Gasteiger partial charge in [0.25, 0.3) is 0 Å². The van der Waals surface area contributed by atoms with Gasteiger partial charge >= 0.3 is 6.09 Å². The van der Waals surface area contributed by atoms with Crippen molar-refractivity contribution in [2.24, 2.45) is 0 Å². The van der Waals surface area contributed by atoms with Crippen molar-refractivity contribution >= 4 is 6.09 Å². The third kappa shape index (κ3) is 1.75. The molecule has 0 fully saturated rings. The van der Waals surface area contributed by atoms with E-state index in [2.05, 4.69) is 11.3 Å². The average molecular weight is 165 g/mol. The van der Waals surface area contributed by atoms with Crippen LogP contribution in [-0.4, -0.2) is 17.0 Å². The molecule has 1 atom stereocenters. The Balaban J connectivity index is 2.62. The number of carbonyl (C=O) groups is 1. The van der Waals surface area contributed by atoms with Gasteiger partial charge in [-0.05, 0) is 13.0 Å². The van der Waals surface area contributed by atoms with Crippen molar-refractivity contribution in [1.82, 2.24) is 4.90 Å². The first kappa shape index (κ1) is 8.59. The predicted octanol–water partition coefficient (Wildman–Crippen LogP) is 2.04. The van der Waals surface area contributed by atoms with Crippen molar-refractivity contribution < 1.29 is 9.53 Å². The van der Waals surface area contributed by atoms with E-state index < -0.39 is 6.09 Å². The maximum atomic E-state index is 11.2. The van der Waals surface area contributed by atoms with Gasteiger partial charge in [-0.1, -0.05) is 18.7 Å². The van der Waals surface area contributed by atoms with E-state index in [0.29, 0.717) is 0 Å². The van der Waals surface area contributed by atoms with Crippen LogP contribution in [0.5, 0.6) is 0 Å². The van der Waals surface area contributed by atoms with E-state index in [1.165, 1.54) is 4.90 Å². The third-order valence-corrected chi connectivity index (χ3v) is 1.58. The lowest BCUT2D eigenvalue weighted by Crippen LogP contribution is -2.33. The molecule has 0 saturated heterocycles. The monoisotopic (exact) mass is 165 g/mol. The van der Waals surface area contributed by atoms with E-state index in [1.54, 1.807) is 12.3 Å². The molecule has 1 aliphatic rings. The lowest BCUT2D eigenvalue weighted by Gasteiger charge is -2.23. The van der Waals surface area contributed by atoms with Crippen LogP contribution in [0, 0.1) is 0 Å². The molecule has 0 aromatic carbocycles. The first-order valence-electron chi connectivity index (χ1n) is 3.70. The molecule has 0 aromatic heterocycles. The molecular weight excluding hydrogens is 154 g/mol. The summed E-state index contributed by atoms with van der Waals surface area (Å²) in [6, 6.07) is 0.0439. The number of carbonyl (C=O) groups excluding carboxylic acids is 1. The maximum Gasteiger partial charge on any atom is 0.419 e. The summed E-state index contributed by atoms with van der Waals surface area (Å²) in [7, 11) is 0. The quantitative estimate of drug-likeness (QED) is 0.556. The molecule has 1 heterocycles. The molecule has 1 amide bonds. The van der Waals surface area contributed by atoms with Crippen LogP contribution in [0.4, 0.5) is 4.79 Å². The minimum absolute atomic E-state index is 0.0439. The second-order valence-electron chi connectivity index (χ2n) is 2.42. The summed E-state index contributed by atoms with van der Waals surface area (Å²) in [5.41, 5.74) is 0. The van der Waals surface area contributed by atoms with Crippen molar-refractivity contribution in [3.8, 4) is 0 Å². The van der Waals surface area contributed by atoms with Gasteiger partial charge < -0.3 is 4.74 Å². The number of amides is 1. The standard InChI is InChI=1S/C9H11NO2/c1-3-12-9(11)10-7-5-4-6-8(10)2/h3-8H,1H2,2H3. The number of rotatable bonds is 1. The van der Waals surface area contributed by atoms with Crippen LogP contribution >= 0.6 is 0 Å². The summed E-state index contributed by atoms with van der Waals surface area (Å²) in [5, 5.41) is 0. The molecule has 0 aliphatic carbocycles. The highest BCUT2D eigenvalue weighted by molar-refractivity contribution is 5.70. The summed E-state index contributed by atoms with van der Waals surface area (Å²) in [6.45, 7) is 5.22. The van der Waals surface area contributed by atoms with Crippen molar-refractivity contribution in [2.75, 3.05) is 0 Å². The van der Waals surface area contributed by atoms with Gasteiger partial charge in [-0.3, -0.25) is 4.90 Å². The molecule has 3 heteroatoms. The van der Waals surface area contributed by atoms with Gasteiger partial charge in [0.2, 0.25) is 0 Å². The lowest BCUT2D eigenvalue weighted by molar-refractivity contribution is 0.148. The fraction of sp³-hybridized carbons (Fsp3) is 0.222. The van der Waals surface area contributed by atoms with Crippen LogP contribution in [0.1, 0.15) is 6.92 Å². The Morgan fingerprint density at radius 1 is 1.67 bits per heavy atom. The molecule has 12 heavy (non-hydrogen) atoms. The van der Waals surface area contributed by atoms with Crippen molar-refractivity contribution in [3.05, 3.63) is 37.3 Å². The minimum atomic E-state index is -0.405. The summed E-state index contributed by atoms with van der Waals surface area (Å²) in [5.74, 6) is 0. The topological polar surface area (TPSA) is 29.5 Å². The van der Waals surface area contributed by atoms with E-state index in [-0.39, 0.29) is 6.04 Å². The molecule has 3 nitrogen and oxygen atoms in total. The zero-order valence-corrected chi connectivity index (χ0v) is 6.93. The van der Waals surface area contributed by atoms with Gasteiger partial charge in [0.1, 0.15) is 0 Å². The number of ether oxygens (including phenoxy) is 1. The first-order valence-corrected chi connectivity index (χ1v) is 3.70. The highest BCUT2D eigenvalue weighted by atomic mass is 16.5. The molecule has 0 spiro atoms. The summed E-state index contributed by atoms with van der Waals surface area (Å²) < 4.78 is 4.62. The van der Waals surface area contributed by atoms with Crippen molar-refractivity contribution in [1.29, 1.82) is 0 Å². The van der Waals surface area contributed by atoms with Crippen LogP contribution < -0.4 is 0 Å². The molecule has 0 aromatic rings. The van der Waals surface area contributed by atoms with E-state index in [0.717, 1.165) is 6.26 Å². The van der Waals surface area contributed by atoms with E-state index in [4.69, 9.17) is 0 Å². The Morgan fingerprint density at radius 2 is 2.42 bits per heavy atom. The number of nitrogens with zero attached hydrogens (tertiary/aromatic N) is 1. The Kier molecular flexibility index (Phi) is 2.69. The number of hydrogen-bond donors (Lipinski definition) is 0. The summed E-state index contributed by atoms with van der Waals surface area (Å²) in [4.78, 5) is 12.6. The SMILES string of the molecule is C=COC(=O)N1C=CC=CC1C. The number of allylic oxidation sites excluding steroid dienone is 2. The minimum Gasteiger partial charge on any atom is -0.419 e. The largest absolute Gasteiger partial charge is 0.419 e. The van der Waals surface area contributed by atoms with E-state index >= 15 is 0 Å². The molecule has 1 unspecified atom stereocenters. The molecule has 0 N–H and O–H groups in total. The maximum absolute atomic E-state index is 11.2. The van der Waals surface area contributed by atoms with Crippen LogP contribution in [0.15, 0.2) is 37.3 Å². The van der Waals surface area contributed by atoms with Gasteiger partial charge in [0.05, 0.1) is 12.3 Å². The van der Waals surface area contributed by atoms with Gasteiger partial charge in [-0.2, -0.15) is 0 Å². The Morgan fingerprint density at radius 3 is 3.00 bits per heavy atom. The van der Waals surface area contributed by atoms with Gasteiger partial charge in [0, 0.05) is 6.20 Å². The molecule has 0 bridgehead atoms. The average Bonchev–Trinajstić information content (AvgIpc) is 2.05. The Hall–Kier alpha value is -1.51. The van der Waals surface area contributed by atoms with Crippen LogP contribution in [0.25, 0.3) is 0 Å². The molecule has 0 saturated carbocycles. The lowest BCUT2D eigenvalue weighted by atomic mass is 10.2. The van der Waals surface area contributed by atoms with Crippen LogP contribution in [0.3, 0.4) is 0 Å². The Bertz CT molecular complexity index is 243. The van der Waals surface area contributed by atoms with Crippen LogP contribution in [-0.2, 0) is 4.74 Å². The highest BCUT2D eigenvalue weighted by Gasteiger charge is 2.17. The fourth-order valence-corrected chi connectivity index (χ4v) is 0.955. The van der Waals surface area contributed by atoms with Crippen molar-refractivity contribution in [3.63, 3.8) is 0 Å². The highest BCUT2D eigenvalue weighted by Crippen LogP contribution is 2.09. The fourth-order valence-electron chi connectivity index (χ4n) is 0.955. The van der Waals surface area contributed by atoms with Gasteiger partial charge in [-0.25, -0.2) is 4.79 Å². The Labute approximate surface area is 71.6 Å². The summed E-state index contributed by atoms with van der Waals surface area (Å²) in [6.07, 6.45) is 7.98. The van der Waals surface area contributed by atoms with E-state index in [9.17, 15) is 4.79 Å². The molecule has 0 radical (unpaired) electrons. The third-order valence-electron chi connectivity index (χ3n) is 1.58. The predicted molar refractivity (Wildman–Crippen MR) is 46.3 cm³/mol. The molecule has 1 aliphatic heterocycles. The van der Waals surface area contributed by atoms with Crippen LogP contribution in [0.2, 0.25) is 0 Å². The first-order chi connectivity index (χ1) is 5.75. The molecular formula is C9H11NO2. The van der Waals surface area contributed by atoms with Gasteiger partial charge in [0.15, 0.2) is 0 Å². The summed E-state index contributed by atoms with van der Waals surface area (Å²) >= 11 is 0. The van der Waals surface area contributed by atoms with Gasteiger partial charge in [-0.15, -0.1) is 0 Å². The second-order valence-corrected chi connectivity index (χ2v) is 2.42.